The van der Waals surface area contributed by atoms with Crippen LogP contribution < -0.4 is 0 Å². The molecular formula is C14H24OS. The summed E-state index contributed by atoms with van der Waals surface area (Å²) >= 11 is 2.01. The predicted molar refractivity (Wildman–Crippen MR) is 72.9 cm³/mol. The van der Waals surface area contributed by atoms with Crippen LogP contribution in [-0.4, -0.2) is 16.3 Å². The minimum Gasteiger partial charge on any atom is -0.295 e. The van der Waals surface area contributed by atoms with E-state index in [0.717, 1.165) is 24.2 Å². The standard InChI is InChI=1S/C14H24OS/c1-10-6-7-12(8-13(10)15)11(2)9-16-14(3,4)5/h6,11-12H,7-9H2,1-5H3. The van der Waals surface area contributed by atoms with Gasteiger partial charge in [-0.15, -0.1) is 0 Å². The lowest BCUT2D eigenvalue weighted by Crippen LogP contribution is -2.23. The van der Waals surface area contributed by atoms with Gasteiger partial charge in [-0.05, 0) is 36.5 Å². The maximum absolute atomic E-state index is 11.6. The van der Waals surface area contributed by atoms with E-state index in [1.54, 1.807) is 0 Å². The zero-order valence-electron chi connectivity index (χ0n) is 11.2. The molecule has 0 radical (unpaired) electrons. The molecule has 0 heterocycles. The highest BCUT2D eigenvalue weighted by atomic mass is 32.2. The molecule has 0 saturated carbocycles. The Balaban J connectivity index is 2.44. The van der Waals surface area contributed by atoms with Gasteiger partial charge in [-0.1, -0.05) is 33.8 Å². The first-order valence-corrected chi connectivity index (χ1v) is 7.12. The lowest BCUT2D eigenvalue weighted by molar-refractivity contribution is -0.117. The third-order valence-electron chi connectivity index (χ3n) is 3.20. The van der Waals surface area contributed by atoms with Crippen molar-refractivity contribution < 1.29 is 4.79 Å². The number of Topliss-reactive ketones (excluding diaryl/α,β-unsaturated/α-hetero) is 1. The average Bonchev–Trinajstić information content (AvgIpc) is 2.17. The fourth-order valence-corrected chi connectivity index (χ4v) is 2.91. The maximum atomic E-state index is 11.6. The lowest BCUT2D eigenvalue weighted by atomic mass is 9.82. The molecule has 0 saturated heterocycles. The van der Waals surface area contributed by atoms with Crippen molar-refractivity contribution in [2.75, 3.05) is 5.75 Å². The topological polar surface area (TPSA) is 17.1 Å². The fourth-order valence-electron chi connectivity index (χ4n) is 1.88. The third-order valence-corrected chi connectivity index (χ3v) is 4.76. The Kier molecular flexibility index (Phi) is 4.66. The molecule has 1 aliphatic rings. The number of allylic oxidation sites excluding steroid dienone is 2. The molecule has 0 aliphatic heterocycles. The van der Waals surface area contributed by atoms with E-state index < -0.39 is 0 Å². The third kappa shape index (κ3) is 4.32. The number of ketones is 1. The number of thioether (sulfide) groups is 1. The monoisotopic (exact) mass is 240 g/mol. The molecule has 16 heavy (non-hydrogen) atoms. The van der Waals surface area contributed by atoms with E-state index in [1.165, 1.54) is 0 Å². The normalized spacial score (nSPS) is 24.2. The Hall–Kier alpha value is -0.240. The van der Waals surface area contributed by atoms with E-state index in [1.807, 2.05) is 18.7 Å². The Morgan fingerprint density at radius 1 is 1.50 bits per heavy atom. The summed E-state index contributed by atoms with van der Waals surface area (Å²) in [5, 5.41) is 0. The number of hydrogen-bond acceptors (Lipinski definition) is 2. The highest BCUT2D eigenvalue weighted by Gasteiger charge is 2.25. The summed E-state index contributed by atoms with van der Waals surface area (Å²) in [6.07, 6.45) is 3.96. The fraction of sp³-hybridized carbons (Fsp3) is 0.786. The Morgan fingerprint density at radius 3 is 2.62 bits per heavy atom. The van der Waals surface area contributed by atoms with Crippen LogP contribution in [0.15, 0.2) is 11.6 Å². The van der Waals surface area contributed by atoms with E-state index in [0.29, 0.717) is 22.4 Å². The van der Waals surface area contributed by atoms with E-state index in [9.17, 15) is 4.79 Å². The molecule has 92 valence electrons. The summed E-state index contributed by atoms with van der Waals surface area (Å²) in [6, 6.07) is 0. The highest BCUT2D eigenvalue weighted by Crippen LogP contribution is 2.32. The van der Waals surface area contributed by atoms with Gasteiger partial charge in [0.25, 0.3) is 0 Å². The van der Waals surface area contributed by atoms with E-state index in [2.05, 4.69) is 33.8 Å². The van der Waals surface area contributed by atoms with E-state index >= 15 is 0 Å². The van der Waals surface area contributed by atoms with Crippen LogP contribution in [0.2, 0.25) is 0 Å². The summed E-state index contributed by atoms with van der Waals surface area (Å²) in [5.41, 5.74) is 0.965. The van der Waals surface area contributed by atoms with Crippen LogP contribution in [0.5, 0.6) is 0 Å². The van der Waals surface area contributed by atoms with Gasteiger partial charge < -0.3 is 0 Å². The van der Waals surface area contributed by atoms with Crippen LogP contribution >= 0.6 is 11.8 Å². The first-order valence-electron chi connectivity index (χ1n) is 6.13. The molecular weight excluding hydrogens is 216 g/mol. The molecule has 0 fully saturated rings. The number of rotatable bonds is 3. The summed E-state index contributed by atoms with van der Waals surface area (Å²) in [6.45, 7) is 11.0. The molecule has 0 aromatic heterocycles. The zero-order valence-corrected chi connectivity index (χ0v) is 12.0. The zero-order chi connectivity index (χ0) is 12.3. The van der Waals surface area contributed by atoms with Crippen molar-refractivity contribution in [2.24, 2.45) is 11.8 Å². The van der Waals surface area contributed by atoms with Crippen molar-refractivity contribution >= 4 is 17.5 Å². The quantitative estimate of drug-likeness (QED) is 0.739. The van der Waals surface area contributed by atoms with E-state index in [-0.39, 0.29) is 0 Å². The van der Waals surface area contributed by atoms with Gasteiger partial charge in [0, 0.05) is 11.2 Å². The van der Waals surface area contributed by atoms with Gasteiger partial charge in [0.1, 0.15) is 0 Å². The second-order valence-electron chi connectivity index (χ2n) is 5.91. The molecule has 0 aromatic carbocycles. The van der Waals surface area contributed by atoms with Gasteiger partial charge in [-0.3, -0.25) is 4.79 Å². The van der Waals surface area contributed by atoms with Crippen molar-refractivity contribution in [3.8, 4) is 0 Å². The van der Waals surface area contributed by atoms with Gasteiger partial charge in [-0.2, -0.15) is 11.8 Å². The molecule has 1 aliphatic carbocycles. The van der Waals surface area contributed by atoms with Crippen LogP contribution in [0, 0.1) is 11.8 Å². The predicted octanol–water partition coefficient (Wildman–Crippen LogP) is 4.08. The van der Waals surface area contributed by atoms with Crippen molar-refractivity contribution in [2.45, 2.75) is 52.2 Å². The molecule has 0 N–H and O–H groups in total. The number of carbonyl (C=O) groups excluding carboxylic acids is 1. The van der Waals surface area contributed by atoms with Crippen LogP contribution in [0.25, 0.3) is 0 Å². The molecule has 0 aromatic rings. The molecule has 0 amide bonds. The molecule has 0 bridgehead atoms. The smallest absolute Gasteiger partial charge is 0.158 e. The molecule has 2 heteroatoms. The molecule has 0 spiro atoms. The van der Waals surface area contributed by atoms with Gasteiger partial charge in [0.05, 0.1) is 0 Å². The van der Waals surface area contributed by atoms with Crippen molar-refractivity contribution in [1.29, 1.82) is 0 Å². The second kappa shape index (κ2) is 5.39. The first kappa shape index (κ1) is 13.8. The SMILES string of the molecule is CC1=CCC(C(C)CSC(C)(C)C)CC1=O. The minimum atomic E-state index is 0.332. The summed E-state index contributed by atoms with van der Waals surface area (Å²) in [4.78, 5) is 11.6. The van der Waals surface area contributed by atoms with Crippen molar-refractivity contribution in [3.05, 3.63) is 11.6 Å². The average molecular weight is 240 g/mol. The first-order chi connectivity index (χ1) is 7.29. The number of hydrogen-bond donors (Lipinski definition) is 0. The van der Waals surface area contributed by atoms with Gasteiger partial charge in [0.15, 0.2) is 5.78 Å². The minimum absolute atomic E-state index is 0.332. The van der Waals surface area contributed by atoms with Crippen molar-refractivity contribution in [1.82, 2.24) is 0 Å². The maximum Gasteiger partial charge on any atom is 0.158 e. The van der Waals surface area contributed by atoms with Crippen molar-refractivity contribution in [3.63, 3.8) is 0 Å². The molecule has 1 rings (SSSR count). The van der Waals surface area contributed by atoms with Crippen LogP contribution in [0.4, 0.5) is 0 Å². The molecule has 1 nitrogen and oxygen atoms in total. The largest absolute Gasteiger partial charge is 0.295 e. The Morgan fingerprint density at radius 2 is 2.12 bits per heavy atom. The molecule has 2 unspecified atom stereocenters. The van der Waals surface area contributed by atoms with Gasteiger partial charge in [-0.25, -0.2) is 0 Å². The molecule has 2 atom stereocenters. The highest BCUT2D eigenvalue weighted by molar-refractivity contribution is 8.00. The summed E-state index contributed by atoms with van der Waals surface area (Å²) < 4.78 is 0.332. The van der Waals surface area contributed by atoms with E-state index in [4.69, 9.17) is 0 Å². The lowest BCUT2D eigenvalue weighted by Gasteiger charge is -2.28. The van der Waals surface area contributed by atoms with Gasteiger partial charge in [0.2, 0.25) is 0 Å². The number of carbonyl (C=O) groups is 1. The van der Waals surface area contributed by atoms with Crippen LogP contribution in [0.1, 0.15) is 47.5 Å². The Labute approximate surface area is 104 Å². The summed E-state index contributed by atoms with van der Waals surface area (Å²) in [5.74, 6) is 2.71. The Bertz CT molecular complexity index is 286. The van der Waals surface area contributed by atoms with Crippen LogP contribution in [-0.2, 0) is 4.79 Å². The second-order valence-corrected chi connectivity index (χ2v) is 7.76. The van der Waals surface area contributed by atoms with Gasteiger partial charge >= 0.3 is 0 Å². The summed E-state index contributed by atoms with van der Waals surface area (Å²) in [7, 11) is 0. The van der Waals surface area contributed by atoms with Crippen LogP contribution in [0.3, 0.4) is 0 Å².